The van der Waals surface area contributed by atoms with E-state index in [1.807, 2.05) is 0 Å². The summed E-state index contributed by atoms with van der Waals surface area (Å²) in [7, 11) is 1.53. The van der Waals surface area contributed by atoms with E-state index in [0.717, 1.165) is 36.6 Å². The second-order valence-corrected chi connectivity index (χ2v) is 11.1. The van der Waals surface area contributed by atoms with E-state index in [1.165, 1.54) is 40.7 Å². The number of rotatable bonds is 8. The van der Waals surface area contributed by atoms with Crippen molar-refractivity contribution in [2.24, 2.45) is 18.0 Å². The molecule has 0 spiro atoms. The molecule has 1 aliphatic carbocycles. The van der Waals surface area contributed by atoms with Gasteiger partial charge in [-0.05, 0) is 78.3 Å². The van der Waals surface area contributed by atoms with E-state index in [9.17, 15) is 36.6 Å². The van der Waals surface area contributed by atoms with Gasteiger partial charge in [0, 0.05) is 37.5 Å². The molecular weight excluding hydrogens is 602 g/mol. The van der Waals surface area contributed by atoms with Crippen molar-refractivity contribution >= 4 is 12.0 Å². The van der Waals surface area contributed by atoms with Crippen LogP contribution in [-0.4, -0.2) is 32.8 Å². The number of amides is 2. The van der Waals surface area contributed by atoms with Crippen LogP contribution < -0.4 is 10.9 Å². The number of nitrogens with one attached hydrogen (secondary N) is 1. The lowest BCUT2D eigenvalue weighted by Crippen LogP contribution is -2.30. The Kier molecular flexibility index (Phi) is 8.63. The van der Waals surface area contributed by atoms with Crippen LogP contribution in [0.3, 0.4) is 0 Å². The fourth-order valence-electron chi connectivity index (χ4n) is 5.44. The molecule has 1 saturated carbocycles. The van der Waals surface area contributed by atoms with E-state index in [2.05, 4.69) is 10.3 Å². The third-order valence-electron chi connectivity index (χ3n) is 7.83. The zero-order chi connectivity index (χ0) is 32.6. The molecule has 3 aromatic carbocycles. The molecule has 45 heavy (non-hydrogen) atoms. The van der Waals surface area contributed by atoms with Crippen molar-refractivity contribution in [3.8, 4) is 11.1 Å². The third-order valence-corrected chi connectivity index (χ3v) is 7.83. The van der Waals surface area contributed by atoms with Crippen LogP contribution in [0.2, 0.25) is 0 Å². The van der Waals surface area contributed by atoms with E-state index in [4.69, 9.17) is 0 Å². The number of carboxylic acid groups (broad SMARTS) is 1. The van der Waals surface area contributed by atoms with Crippen LogP contribution in [0.25, 0.3) is 11.1 Å². The van der Waals surface area contributed by atoms with Crippen LogP contribution in [0.15, 0.2) is 65.9 Å². The second-order valence-electron chi connectivity index (χ2n) is 11.1. The van der Waals surface area contributed by atoms with Crippen molar-refractivity contribution in [2.45, 2.75) is 38.4 Å². The first kappa shape index (κ1) is 31.6. The van der Waals surface area contributed by atoms with Crippen molar-refractivity contribution in [3.63, 3.8) is 0 Å². The Morgan fingerprint density at radius 2 is 1.76 bits per heavy atom. The van der Waals surface area contributed by atoms with Crippen LogP contribution in [-0.2, 0) is 19.8 Å². The topological polar surface area (TPSA) is 88.6 Å². The molecule has 0 aliphatic heterocycles. The van der Waals surface area contributed by atoms with Crippen LogP contribution in [0.1, 0.15) is 51.4 Å². The lowest BCUT2D eigenvalue weighted by atomic mass is 9.92. The molecule has 0 radical (unpaired) electrons. The molecule has 1 aromatic heterocycles. The average molecular weight is 631 g/mol. The Morgan fingerprint density at radius 3 is 2.40 bits per heavy atom. The molecule has 0 bridgehead atoms. The standard InChI is InChI=1S/C32H28F6N4O3/c1-17-11-20(5-8-27(17)34)25(19-3-4-19)15-39-29(43)24-13-18(16-42-10-9-41(2)30(42)40-31(44)45)12-23(28(24)35)22-7-6-21(33)14-26(22)32(36,37)38/h5-14,19,25H,3-4,15-16H2,1-2H3,(H,39,43)(H,44,45)/t25-/m0/s1. The number of aryl methyl sites for hydroxylation is 2. The molecule has 1 heterocycles. The number of nitrogens with zero attached hydrogens (tertiary/aromatic N) is 3. The number of carbonyl (C=O) groups excluding carboxylic acids is 1. The summed E-state index contributed by atoms with van der Waals surface area (Å²) in [5, 5.41) is 11.9. The van der Waals surface area contributed by atoms with E-state index in [-0.39, 0.29) is 48.0 Å². The molecule has 7 nitrogen and oxygen atoms in total. The molecule has 2 N–H and O–H groups in total. The number of halogens is 6. The summed E-state index contributed by atoms with van der Waals surface area (Å²) in [6, 6.07) is 8.73. The average Bonchev–Trinajstić information content (AvgIpc) is 3.76. The fourth-order valence-corrected chi connectivity index (χ4v) is 5.44. The summed E-state index contributed by atoms with van der Waals surface area (Å²) >= 11 is 0. The smallest absolute Gasteiger partial charge is 0.434 e. The number of alkyl halides is 3. The maximum absolute atomic E-state index is 16.1. The Hall–Kier alpha value is -4.81. The van der Waals surface area contributed by atoms with Gasteiger partial charge < -0.3 is 19.6 Å². The molecule has 1 aliphatic rings. The van der Waals surface area contributed by atoms with Crippen LogP contribution in [0.4, 0.5) is 31.1 Å². The molecule has 2 amide bonds. The number of hydrogen-bond donors (Lipinski definition) is 2. The van der Waals surface area contributed by atoms with Gasteiger partial charge in [-0.15, -0.1) is 4.99 Å². The number of aromatic nitrogens is 2. The van der Waals surface area contributed by atoms with Crippen molar-refractivity contribution in [1.29, 1.82) is 0 Å². The molecule has 5 rings (SSSR count). The molecular formula is C32H28F6N4O3. The first-order valence-corrected chi connectivity index (χ1v) is 14.0. The number of carbonyl (C=O) groups is 2. The van der Waals surface area contributed by atoms with E-state index < -0.39 is 52.1 Å². The molecule has 236 valence electrons. The molecule has 13 heteroatoms. The normalized spacial score (nSPS) is 14.4. The minimum Gasteiger partial charge on any atom is -0.463 e. The molecule has 0 saturated heterocycles. The van der Waals surface area contributed by atoms with E-state index >= 15 is 4.39 Å². The SMILES string of the molecule is Cc1cc([C@@H](CNC(=O)c2cc(Cn3ccn(C)c3=NC(=O)O)cc(-c3ccc(F)cc3C(F)(F)F)c2F)C2CC2)ccc1F. The van der Waals surface area contributed by atoms with Gasteiger partial charge in [0.2, 0.25) is 5.62 Å². The first-order chi connectivity index (χ1) is 21.2. The maximum atomic E-state index is 16.1. The van der Waals surface area contributed by atoms with Crippen molar-refractivity contribution in [1.82, 2.24) is 14.5 Å². The van der Waals surface area contributed by atoms with Gasteiger partial charge in [-0.25, -0.2) is 18.0 Å². The highest BCUT2D eigenvalue weighted by Crippen LogP contribution is 2.43. The van der Waals surface area contributed by atoms with Gasteiger partial charge >= 0.3 is 12.3 Å². The van der Waals surface area contributed by atoms with Crippen LogP contribution >= 0.6 is 0 Å². The number of benzene rings is 3. The summed E-state index contributed by atoms with van der Waals surface area (Å²) in [6.45, 7) is 1.49. The Morgan fingerprint density at radius 1 is 1.02 bits per heavy atom. The highest BCUT2D eigenvalue weighted by molar-refractivity contribution is 5.96. The van der Waals surface area contributed by atoms with Gasteiger partial charge in [0.1, 0.15) is 17.5 Å². The summed E-state index contributed by atoms with van der Waals surface area (Å²) in [5.74, 6) is -3.69. The maximum Gasteiger partial charge on any atom is 0.434 e. The predicted molar refractivity (Wildman–Crippen MR) is 152 cm³/mol. The van der Waals surface area contributed by atoms with Gasteiger partial charge in [0.25, 0.3) is 5.91 Å². The van der Waals surface area contributed by atoms with Gasteiger partial charge in [-0.2, -0.15) is 13.2 Å². The summed E-state index contributed by atoms with van der Waals surface area (Å²) < 4.78 is 88.6. The summed E-state index contributed by atoms with van der Waals surface area (Å²) in [5.41, 5.74) is -1.91. The fraction of sp³-hybridized carbons (Fsp3) is 0.281. The van der Waals surface area contributed by atoms with Gasteiger partial charge in [-0.1, -0.05) is 18.2 Å². The predicted octanol–water partition coefficient (Wildman–Crippen LogP) is 6.79. The molecule has 1 atom stereocenters. The second kappa shape index (κ2) is 12.3. The Balaban J connectivity index is 1.57. The van der Waals surface area contributed by atoms with E-state index in [0.29, 0.717) is 5.56 Å². The zero-order valence-electron chi connectivity index (χ0n) is 24.1. The molecule has 1 fully saturated rings. The quantitative estimate of drug-likeness (QED) is 0.210. The highest BCUT2D eigenvalue weighted by atomic mass is 19.4. The van der Waals surface area contributed by atoms with Crippen molar-refractivity contribution < 1.29 is 41.0 Å². The molecule has 0 unspecified atom stereocenters. The Bertz CT molecular complexity index is 1860. The lowest BCUT2D eigenvalue weighted by molar-refractivity contribution is -0.137. The largest absolute Gasteiger partial charge is 0.463 e. The van der Waals surface area contributed by atoms with Crippen LogP contribution in [0.5, 0.6) is 0 Å². The molecule has 4 aromatic rings. The number of hydrogen-bond acceptors (Lipinski definition) is 2. The lowest BCUT2D eigenvalue weighted by Gasteiger charge is -2.20. The van der Waals surface area contributed by atoms with E-state index in [1.54, 1.807) is 19.1 Å². The summed E-state index contributed by atoms with van der Waals surface area (Å²) in [6.07, 6.45) is -1.81. The minimum atomic E-state index is -5.05. The van der Waals surface area contributed by atoms with Crippen molar-refractivity contribution in [3.05, 3.63) is 112 Å². The van der Waals surface area contributed by atoms with Crippen LogP contribution in [0, 0.1) is 30.3 Å². The summed E-state index contributed by atoms with van der Waals surface area (Å²) in [4.78, 5) is 28.3. The third kappa shape index (κ3) is 6.97. The zero-order valence-corrected chi connectivity index (χ0v) is 24.1. The first-order valence-electron chi connectivity index (χ1n) is 14.0. The van der Waals surface area contributed by atoms with Gasteiger partial charge in [0.15, 0.2) is 0 Å². The minimum absolute atomic E-state index is 0.0287. The van der Waals surface area contributed by atoms with Gasteiger partial charge in [-0.3, -0.25) is 4.79 Å². The number of imidazole rings is 1. The Labute approximate surface area is 253 Å². The highest BCUT2D eigenvalue weighted by Gasteiger charge is 2.36. The van der Waals surface area contributed by atoms with Gasteiger partial charge in [0.05, 0.1) is 17.7 Å². The monoisotopic (exact) mass is 630 g/mol. The van der Waals surface area contributed by atoms with Crippen molar-refractivity contribution in [2.75, 3.05) is 6.54 Å².